The molecule has 42 heavy (non-hydrogen) atoms. The van der Waals surface area contributed by atoms with E-state index in [1.807, 2.05) is 13.8 Å². The fraction of sp³-hybridized carbons (Fsp3) is 0.875. The van der Waals surface area contributed by atoms with E-state index in [9.17, 15) is 24.3 Å². The summed E-state index contributed by atoms with van der Waals surface area (Å²) in [6, 6.07) is 0. The van der Waals surface area contributed by atoms with Gasteiger partial charge in [-0.25, -0.2) is 4.89 Å². The zero-order chi connectivity index (χ0) is 30.6. The van der Waals surface area contributed by atoms with Gasteiger partial charge < -0.3 is 15.3 Å². The molecule has 1 aliphatic heterocycles. The number of carbonyl (C=O) groups excluding carboxylic acids is 4. The number of unbranched alkanes of at least 4 members (excludes halogenated alkanes) is 13. The second kappa shape index (κ2) is 23.2. The topological polar surface area (TPSA) is 133 Å². The molecule has 1 heterocycles. The molecule has 3 N–H and O–H groups in total. The van der Waals surface area contributed by atoms with Crippen molar-refractivity contribution in [3.05, 3.63) is 0 Å². The van der Waals surface area contributed by atoms with Crippen molar-refractivity contribution in [3.8, 4) is 0 Å². The molecule has 1 saturated heterocycles. The smallest absolute Gasteiger partial charge is 0.222 e. The van der Waals surface area contributed by atoms with Gasteiger partial charge in [-0.1, -0.05) is 84.5 Å². The molecule has 247 valence electrons. The van der Waals surface area contributed by atoms with Crippen molar-refractivity contribution < 1.29 is 54.5 Å². The van der Waals surface area contributed by atoms with Crippen molar-refractivity contribution in [2.24, 2.45) is 10.8 Å². The van der Waals surface area contributed by atoms with E-state index in [-0.39, 0.29) is 56.7 Å². The molecular formula is C32H58IrN2O7. The van der Waals surface area contributed by atoms with Crippen molar-refractivity contribution in [3.63, 3.8) is 0 Å². The van der Waals surface area contributed by atoms with Gasteiger partial charge in [-0.3, -0.25) is 24.4 Å². The Morgan fingerprint density at radius 3 is 1.67 bits per heavy atom. The van der Waals surface area contributed by atoms with Gasteiger partial charge in [-0.15, -0.1) is 0 Å². The Morgan fingerprint density at radius 2 is 1.17 bits per heavy atom. The van der Waals surface area contributed by atoms with E-state index in [0.717, 1.165) is 77.2 Å². The molecule has 1 aliphatic rings. The van der Waals surface area contributed by atoms with Gasteiger partial charge in [0.2, 0.25) is 11.8 Å². The summed E-state index contributed by atoms with van der Waals surface area (Å²) in [6.45, 7) is 6.93. The van der Waals surface area contributed by atoms with E-state index in [2.05, 4.69) is 10.2 Å². The first kappa shape index (κ1) is 40.8. The molecule has 9 nitrogen and oxygen atoms in total. The van der Waals surface area contributed by atoms with E-state index in [0.29, 0.717) is 32.4 Å². The molecule has 1 radical (unpaired) electrons. The molecule has 0 aliphatic carbocycles. The Labute approximate surface area is 267 Å². The number of Topliss-reactive ketones (excluding diaryl/α,β-unsaturated/α-hetero) is 2. The molecule has 0 saturated carbocycles. The van der Waals surface area contributed by atoms with E-state index in [1.54, 1.807) is 4.90 Å². The average Bonchev–Trinajstić information content (AvgIpc) is 3.21. The Morgan fingerprint density at radius 1 is 0.714 bits per heavy atom. The zero-order valence-electron chi connectivity index (χ0n) is 26.5. The average molecular weight is 775 g/mol. The van der Waals surface area contributed by atoms with Gasteiger partial charge >= 0.3 is 0 Å². The molecule has 0 aromatic heterocycles. The van der Waals surface area contributed by atoms with Crippen LogP contribution in [0.3, 0.4) is 0 Å². The molecule has 2 amide bonds. The quantitative estimate of drug-likeness (QED) is 0.0475. The van der Waals surface area contributed by atoms with Crippen molar-refractivity contribution >= 4 is 23.4 Å². The number of hydrogen-bond donors (Lipinski definition) is 3. The molecule has 1 fully saturated rings. The summed E-state index contributed by atoms with van der Waals surface area (Å²) in [5.41, 5.74) is -0.980. The molecule has 0 spiro atoms. The molecule has 0 bridgehead atoms. The van der Waals surface area contributed by atoms with Gasteiger partial charge in [0.1, 0.15) is 0 Å². The van der Waals surface area contributed by atoms with Crippen LogP contribution in [-0.4, -0.2) is 71.5 Å². The number of nitrogens with zero attached hydrogens (tertiary/aromatic N) is 1. The third-order valence-electron chi connectivity index (χ3n) is 8.96. The Hall–Kier alpha value is -1.19. The molecule has 2 unspecified atom stereocenters. The van der Waals surface area contributed by atoms with Crippen LogP contribution in [0.15, 0.2) is 0 Å². The molecule has 1 rings (SSSR count). The second-order valence-electron chi connectivity index (χ2n) is 12.7. The first-order valence-corrected chi connectivity index (χ1v) is 16.0. The number of amides is 2. The second-order valence-corrected chi connectivity index (χ2v) is 12.7. The fourth-order valence-electron chi connectivity index (χ4n) is 5.63. The summed E-state index contributed by atoms with van der Waals surface area (Å²) >= 11 is 0. The standard InChI is InChI=1S/C32H58N2O7.Ir/c1-27(36)28(37)19-15-11-7-5-4-6-10-14-18-22-33-29(38)20-16-12-8-9-13-17-21-30(39)34-23-31(2,25-35)32(3,24-34)26-41-40;/h35,40H,4-26H2,1-3H3,(H,33,38);. The summed E-state index contributed by atoms with van der Waals surface area (Å²) in [5, 5.41) is 21.8. The Bertz CT molecular complexity index is 797. The van der Waals surface area contributed by atoms with Gasteiger partial charge in [0.15, 0.2) is 11.6 Å². The predicted octanol–water partition coefficient (Wildman–Crippen LogP) is 5.62. The monoisotopic (exact) mass is 775 g/mol. The summed E-state index contributed by atoms with van der Waals surface area (Å²) in [7, 11) is 0. The van der Waals surface area contributed by atoms with Crippen LogP contribution >= 0.6 is 0 Å². The minimum Gasteiger partial charge on any atom is -0.396 e. The largest absolute Gasteiger partial charge is 0.396 e. The maximum atomic E-state index is 12.7. The van der Waals surface area contributed by atoms with E-state index in [1.165, 1.54) is 32.6 Å². The van der Waals surface area contributed by atoms with E-state index in [4.69, 9.17) is 5.26 Å². The van der Waals surface area contributed by atoms with Crippen LogP contribution < -0.4 is 5.32 Å². The summed E-state index contributed by atoms with van der Waals surface area (Å²) < 4.78 is 0. The first-order chi connectivity index (χ1) is 19.6. The Kier molecular flexibility index (Phi) is 22.6. The number of likely N-dealkylation sites (tertiary alicyclic amines) is 1. The zero-order valence-corrected chi connectivity index (χ0v) is 28.9. The van der Waals surface area contributed by atoms with Crippen LogP contribution in [-0.2, 0) is 44.2 Å². The van der Waals surface area contributed by atoms with Crippen molar-refractivity contribution in [1.29, 1.82) is 0 Å². The van der Waals surface area contributed by atoms with Crippen LogP contribution in [0.1, 0.15) is 136 Å². The van der Waals surface area contributed by atoms with Crippen molar-refractivity contribution in [1.82, 2.24) is 10.2 Å². The number of nitrogens with one attached hydrogen (secondary N) is 1. The third kappa shape index (κ3) is 16.0. The molecule has 2 atom stereocenters. The van der Waals surface area contributed by atoms with Crippen molar-refractivity contribution in [2.75, 3.05) is 32.8 Å². The number of rotatable bonds is 25. The van der Waals surface area contributed by atoms with E-state index < -0.39 is 10.8 Å². The summed E-state index contributed by atoms with van der Waals surface area (Å²) in [4.78, 5) is 53.1. The van der Waals surface area contributed by atoms with E-state index >= 15 is 0 Å². The summed E-state index contributed by atoms with van der Waals surface area (Å²) in [5.74, 6) is -0.348. The van der Waals surface area contributed by atoms with Gasteiger partial charge in [0.05, 0.1) is 13.2 Å². The minimum atomic E-state index is -0.497. The number of aliphatic hydroxyl groups is 1. The number of hydrogen-bond acceptors (Lipinski definition) is 7. The number of aliphatic hydroxyl groups excluding tert-OH is 1. The minimum absolute atomic E-state index is 0. The molecular weight excluding hydrogens is 717 g/mol. The van der Waals surface area contributed by atoms with Crippen LogP contribution in [0, 0.1) is 10.8 Å². The van der Waals surface area contributed by atoms with Crippen LogP contribution in [0.2, 0.25) is 0 Å². The van der Waals surface area contributed by atoms with Crippen molar-refractivity contribution in [2.45, 2.75) is 136 Å². The van der Waals surface area contributed by atoms with Gasteiger partial charge in [0, 0.05) is 76.8 Å². The number of ketones is 2. The van der Waals surface area contributed by atoms with Crippen LogP contribution in [0.5, 0.6) is 0 Å². The van der Waals surface area contributed by atoms with Gasteiger partial charge in [-0.2, -0.15) is 0 Å². The maximum Gasteiger partial charge on any atom is 0.222 e. The normalized spacial score (nSPS) is 19.9. The molecule has 10 heteroatoms. The fourth-order valence-corrected chi connectivity index (χ4v) is 5.63. The molecule has 0 aromatic carbocycles. The predicted molar refractivity (Wildman–Crippen MR) is 160 cm³/mol. The number of carbonyl (C=O) groups is 4. The van der Waals surface area contributed by atoms with Gasteiger partial charge in [0.25, 0.3) is 0 Å². The first-order valence-electron chi connectivity index (χ1n) is 16.0. The van der Waals surface area contributed by atoms with Gasteiger partial charge in [-0.05, 0) is 25.7 Å². The third-order valence-corrected chi connectivity index (χ3v) is 8.96. The summed E-state index contributed by atoms with van der Waals surface area (Å²) in [6.07, 6.45) is 17.2. The maximum absolute atomic E-state index is 12.7. The SMILES string of the molecule is CC(=O)C(=O)CCCCCCCCCCCNC(=O)CCCCCCCCC(=O)N1CC(C)(CO)C(C)(COO)C1.[Ir]. The molecule has 0 aromatic rings. The van der Waals surface area contributed by atoms with Crippen LogP contribution in [0.4, 0.5) is 0 Å². The Balaban J connectivity index is 0.0000168. The van der Waals surface area contributed by atoms with Crippen LogP contribution in [0.25, 0.3) is 0 Å².